The number of rotatable bonds is 4. The second-order valence-corrected chi connectivity index (χ2v) is 9.31. The van der Waals surface area contributed by atoms with Crippen molar-refractivity contribution in [2.75, 3.05) is 0 Å². The fourth-order valence-corrected chi connectivity index (χ4v) is 5.16. The molecule has 33 heavy (non-hydrogen) atoms. The molecule has 0 amide bonds. The molecule has 0 N–H and O–H groups in total. The van der Waals surface area contributed by atoms with Crippen LogP contribution in [-0.2, 0) is 5.75 Å². The molecule has 0 atom stereocenters. The van der Waals surface area contributed by atoms with E-state index in [0.29, 0.717) is 21.3 Å². The molecule has 0 fully saturated rings. The van der Waals surface area contributed by atoms with Crippen LogP contribution in [-0.4, -0.2) is 24.1 Å². The van der Waals surface area contributed by atoms with Gasteiger partial charge in [0, 0.05) is 11.9 Å². The van der Waals surface area contributed by atoms with Crippen LogP contribution in [0, 0.1) is 24.1 Å². The normalized spacial score (nSPS) is 11.2. The topological polar surface area (TPSA) is 106 Å². The van der Waals surface area contributed by atoms with E-state index >= 15 is 0 Å². The highest BCUT2D eigenvalue weighted by molar-refractivity contribution is 8.00. The Kier molecular flexibility index (Phi) is 5.24. The van der Waals surface area contributed by atoms with Crippen LogP contribution < -0.4 is 11.1 Å². The Morgan fingerprint density at radius 1 is 1.15 bits per heavy atom. The number of fused-ring (bicyclic) bond motifs is 2. The molecule has 0 aliphatic carbocycles. The molecule has 0 spiro atoms. The molecule has 5 aromatic rings. The van der Waals surface area contributed by atoms with Crippen LogP contribution in [0.1, 0.15) is 16.7 Å². The minimum atomic E-state index is -0.643. The fourth-order valence-electron chi connectivity index (χ4n) is 3.33. The lowest BCUT2D eigenvalue weighted by atomic mass is 10.2. The van der Waals surface area contributed by atoms with Gasteiger partial charge in [0.05, 0.1) is 5.39 Å². The first-order valence-corrected chi connectivity index (χ1v) is 11.5. The number of hydrogen-bond donors (Lipinski definition) is 0. The van der Waals surface area contributed by atoms with Crippen LogP contribution in [0.25, 0.3) is 21.8 Å². The highest BCUT2D eigenvalue weighted by atomic mass is 32.2. The van der Waals surface area contributed by atoms with Gasteiger partial charge in [-0.15, -0.1) is 10.2 Å². The van der Waals surface area contributed by atoms with Crippen LogP contribution in [0.15, 0.2) is 62.6 Å². The SMILES string of the molecule is Cc1ccc2nc3c(cc(C#N)c(=O)n3-c3nnc(SCc4ccccc4F)s3)c(=O)n2c1. The molecule has 162 valence electrons. The maximum absolute atomic E-state index is 13.9. The molecular weight excluding hydrogens is 463 g/mol. The summed E-state index contributed by atoms with van der Waals surface area (Å²) < 4.78 is 16.9. The molecular formula is C22H13FN6O2S2. The first-order chi connectivity index (χ1) is 16.0. The van der Waals surface area contributed by atoms with Crippen molar-refractivity contribution in [3.63, 3.8) is 0 Å². The number of nitrogens with zero attached hydrogens (tertiary/aromatic N) is 6. The molecule has 0 aliphatic rings. The number of nitriles is 1. The molecule has 0 radical (unpaired) electrons. The molecule has 0 unspecified atom stereocenters. The summed E-state index contributed by atoms with van der Waals surface area (Å²) in [6, 6.07) is 13.0. The van der Waals surface area contributed by atoms with Gasteiger partial charge in [-0.3, -0.25) is 14.0 Å². The van der Waals surface area contributed by atoms with Gasteiger partial charge >= 0.3 is 0 Å². The lowest BCUT2D eigenvalue weighted by molar-refractivity contribution is 0.617. The second kappa shape index (κ2) is 8.23. The molecule has 8 nitrogen and oxygen atoms in total. The summed E-state index contributed by atoms with van der Waals surface area (Å²) in [6.07, 6.45) is 1.65. The number of halogens is 1. The van der Waals surface area contributed by atoms with Crippen LogP contribution in [0.2, 0.25) is 0 Å². The second-order valence-electron chi connectivity index (χ2n) is 7.13. The van der Waals surface area contributed by atoms with Gasteiger partial charge in [-0.1, -0.05) is 47.4 Å². The number of thioether (sulfide) groups is 1. The van der Waals surface area contributed by atoms with Gasteiger partial charge in [-0.05, 0) is 36.2 Å². The smallest absolute Gasteiger partial charge is 0.268 e. The Balaban J connectivity index is 1.66. The summed E-state index contributed by atoms with van der Waals surface area (Å²) in [5.74, 6) is 0.0177. The molecule has 4 aromatic heterocycles. The molecule has 0 saturated heterocycles. The standard InChI is InChI=1S/C22H13FN6O2S2/c1-12-6-7-17-25-18-15(20(31)28(17)10-12)8-14(9-24)19(30)29(18)21-26-27-22(33-21)32-11-13-4-2-3-5-16(13)23/h2-8,10H,11H2,1H3. The van der Waals surface area contributed by atoms with E-state index in [0.717, 1.165) is 21.5 Å². The zero-order valence-electron chi connectivity index (χ0n) is 17.0. The average Bonchev–Trinajstić information content (AvgIpc) is 3.27. The summed E-state index contributed by atoms with van der Waals surface area (Å²) in [4.78, 5) is 30.7. The third kappa shape index (κ3) is 3.69. The Labute approximate surface area is 193 Å². The average molecular weight is 477 g/mol. The van der Waals surface area contributed by atoms with Crippen molar-refractivity contribution in [1.82, 2.24) is 24.1 Å². The van der Waals surface area contributed by atoms with Gasteiger partial charge in [0.2, 0.25) is 5.13 Å². The largest absolute Gasteiger partial charge is 0.276 e. The summed E-state index contributed by atoms with van der Waals surface area (Å²) in [5.41, 5.74) is 0.580. The monoisotopic (exact) mass is 476 g/mol. The van der Waals surface area contributed by atoms with Gasteiger partial charge in [0.25, 0.3) is 11.1 Å². The lowest BCUT2D eigenvalue weighted by Gasteiger charge is -2.09. The Morgan fingerprint density at radius 3 is 2.76 bits per heavy atom. The Hall–Kier alpha value is -3.88. The van der Waals surface area contributed by atoms with E-state index in [2.05, 4.69) is 15.2 Å². The molecule has 0 saturated carbocycles. The maximum Gasteiger partial charge on any atom is 0.276 e. The quantitative estimate of drug-likeness (QED) is 0.289. The van der Waals surface area contributed by atoms with Gasteiger partial charge in [0.1, 0.15) is 23.1 Å². The fraction of sp³-hybridized carbons (Fsp3) is 0.0909. The van der Waals surface area contributed by atoms with Crippen molar-refractivity contribution in [2.24, 2.45) is 0 Å². The van der Waals surface area contributed by atoms with Crippen LogP contribution in [0.4, 0.5) is 4.39 Å². The summed E-state index contributed by atoms with van der Waals surface area (Å²) in [5, 5.41) is 17.9. The predicted molar refractivity (Wildman–Crippen MR) is 123 cm³/mol. The van der Waals surface area contributed by atoms with Crippen molar-refractivity contribution in [3.8, 4) is 11.2 Å². The Morgan fingerprint density at radius 2 is 1.97 bits per heavy atom. The number of aryl methyl sites for hydroxylation is 1. The van der Waals surface area contributed by atoms with E-state index in [-0.39, 0.29) is 27.5 Å². The maximum atomic E-state index is 13.9. The minimum Gasteiger partial charge on any atom is -0.268 e. The summed E-state index contributed by atoms with van der Waals surface area (Å²) in [7, 11) is 0. The third-order valence-electron chi connectivity index (χ3n) is 4.94. The van der Waals surface area contributed by atoms with Crippen LogP contribution in [0.3, 0.4) is 0 Å². The highest BCUT2D eigenvalue weighted by Crippen LogP contribution is 2.29. The zero-order valence-corrected chi connectivity index (χ0v) is 18.7. The van der Waals surface area contributed by atoms with Gasteiger partial charge < -0.3 is 0 Å². The molecule has 0 aliphatic heterocycles. The van der Waals surface area contributed by atoms with Gasteiger partial charge in [0.15, 0.2) is 9.99 Å². The number of benzene rings is 1. The van der Waals surface area contributed by atoms with Gasteiger partial charge in [-0.25, -0.2) is 13.9 Å². The van der Waals surface area contributed by atoms with Crippen molar-refractivity contribution < 1.29 is 4.39 Å². The van der Waals surface area contributed by atoms with E-state index in [9.17, 15) is 19.2 Å². The Bertz CT molecular complexity index is 1720. The predicted octanol–water partition coefficient (Wildman–Crippen LogP) is 3.46. The highest BCUT2D eigenvalue weighted by Gasteiger charge is 2.19. The molecule has 11 heteroatoms. The minimum absolute atomic E-state index is 0.0923. The van der Waals surface area contributed by atoms with E-state index < -0.39 is 11.1 Å². The number of aromatic nitrogens is 5. The van der Waals surface area contributed by atoms with E-state index in [4.69, 9.17) is 0 Å². The number of pyridine rings is 2. The van der Waals surface area contributed by atoms with Gasteiger partial charge in [-0.2, -0.15) is 5.26 Å². The van der Waals surface area contributed by atoms with E-state index in [1.54, 1.807) is 30.5 Å². The van der Waals surface area contributed by atoms with E-state index in [1.807, 2.05) is 19.1 Å². The lowest BCUT2D eigenvalue weighted by Crippen LogP contribution is -2.26. The van der Waals surface area contributed by atoms with Crippen molar-refractivity contribution in [1.29, 1.82) is 5.26 Å². The molecule has 5 rings (SSSR count). The van der Waals surface area contributed by atoms with Crippen molar-refractivity contribution in [3.05, 3.63) is 91.9 Å². The zero-order chi connectivity index (χ0) is 23.1. The molecule has 0 bridgehead atoms. The molecule has 4 heterocycles. The van der Waals surface area contributed by atoms with E-state index in [1.165, 1.54) is 28.3 Å². The van der Waals surface area contributed by atoms with Crippen LogP contribution >= 0.6 is 23.1 Å². The third-order valence-corrected chi connectivity index (χ3v) is 7.03. The first kappa shape index (κ1) is 21.0. The molecule has 1 aromatic carbocycles. The first-order valence-electron chi connectivity index (χ1n) is 9.65. The van der Waals surface area contributed by atoms with Crippen molar-refractivity contribution in [2.45, 2.75) is 17.0 Å². The summed E-state index contributed by atoms with van der Waals surface area (Å²) in [6.45, 7) is 1.85. The number of hydrogen-bond acceptors (Lipinski definition) is 8. The van der Waals surface area contributed by atoms with Crippen LogP contribution in [0.5, 0.6) is 0 Å². The van der Waals surface area contributed by atoms with Crippen molar-refractivity contribution >= 4 is 39.8 Å². The summed E-state index contributed by atoms with van der Waals surface area (Å²) >= 11 is 2.37.